The van der Waals surface area contributed by atoms with Gasteiger partial charge < -0.3 is 19.9 Å². The van der Waals surface area contributed by atoms with Crippen LogP contribution in [0.5, 0.6) is 0 Å². The van der Waals surface area contributed by atoms with E-state index in [1.54, 1.807) is 36.3 Å². The Hall–Kier alpha value is -3.71. The van der Waals surface area contributed by atoms with Crippen LogP contribution in [0.15, 0.2) is 78.9 Å². The molecule has 0 saturated carbocycles. The van der Waals surface area contributed by atoms with Gasteiger partial charge in [-0.15, -0.1) is 0 Å². The summed E-state index contributed by atoms with van der Waals surface area (Å²) in [5.74, 6) is -1.31. The number of carbonyl (C=O) groups excluding carboxylic acids is 2. The molecule has 0 saturated heterocycles. The molecule has 0 unspecified atom stereocenters. The van der Waals surface area contributed by atoms with Crippen LogP contribution in [0.2, 0.25) is 0 Å². The second kappa shape index (κ2) is 12.5. The van der Waals surface area contributed by atoms with Gasteiger partial charge in [-0.3, -0.25) is 9.59 Å². The van der Waals surface area contributed by atoms with Crippen LogP contribution in [-0.2, 0) is 9.53 Å². The molecule has 3 aromatic rings. The third-order valence-corrected chi connectivity index (χ3v) is 6.88. The molecule has 1 aliphatic heterocycles. The van der Waals surface area contributed by atoms with Gasteiger partial charge in [0.1, 0.15) is 5.82 Å². The molecule has 0 bridgehead atoms. The molecule has 4 rings (SSSR count). The van der Waals surface area contributed by atoms with Crippen molar-refractivity contribution in [2.24, 2.45) is 0 Å². The van der Waals surface area contributed by atoms with Crippen LogP contribution in [0.25, 0.3) is 0 Å². The van der Waals surface area contributed by atoms with E-state index in [4.69, 9.17) is 4.74 Å². The summed E-state index contributed by atoms with van der Waals surface area (Å²) >= 11 is 0. The summed E-state index contributed by atoms with van der Waals surface area (Å²) in [5, 5.41) is 3.12. The highest BCUT2D eigenvalue weighted by atomic mass is 19.1. The molecule has 1 heterocycles. The van der Waals surface area contributed by atoms with Gasteiger partial charge in [0.05, 0.1) is 18.6 Å². The first-order chi connectivity index (χ1) is 18.0. The minimum absolute atomic E-state index is 0.153. The number of anilines is 1. The van der Waals surface area contributed by atoms with Gasteiger partial charge in [-0.1, -0.05) is 48.5 Å². The lowest BCUT2D eigenvalue weighted by Gasteiger charge is -2.41. The highest BCUT2D eigenvalue weighted by Gasteiger charge is 2.43. The molecule has 1 aliphatic rings. The van der Waals surface area contributed by atoms with Gasteiger partial charge in [-0.25, -0.2) is 4.39 Å². The van der Waals surface area contributed by atoms with Gasteiger partial charge >= 0.3 is 0 Å². The number of rotatable bonds is 11. The van der Waals surface area contributed by atoms with E-state index in [0.717, 1.165) is 25.2 Å². The van der Waals surface area contributed by atoms with Crippen LogP contribution >= 0.6 is 0 Å². The molecule has 0 radical (unpaired) electrons. The zero-order valence-corrected chi connectivity index (χ0v) is 21.4. The Morgan fingerprint density at radius 2 is 1.73 bits per heavy atom. The highest BCUT2D eigenvalue weighted by Crippen LogP contribution is 2.42. The monoisotopic (exact) mass is 503 g/mol. The lowest BCUT2D eigenvalue weighted by atomic mass is 9.79. The number of fused-ring (bicyclic) bond motifs is 1. The van der Waals surface area contributed by atoms with Crippen molar-refractivity contribution in [3.8, 4) is 0 Å². The zero-order chi connectivity index (χ0) is 26.2. The number of nitrogens with zero attached hydrogens (tertiary/aromatic N) is 2. The Balaban J connectivity index is 1.57. The summed E-state index contributed by atoms with van der Waals surface area (Å²) in [6.07, 6.45) is 0.774. The number of para-hydroxylation sites is 1. The minimum atomic E-state index is -0.632. The predicted molar refractivity (Wildman–Crippen MR) is 143 cm³/mol. The number of hydrogen-bond donors (Lipinski definition) is 1. The van der Waals surface area contributed by atoms with Crippen LogP contribution in [-0.4, -0.2) is 56.6 Å². The second-order valence-corrected chi connectivity index (χ2v) is 9.11. The van der Waals surface area contributed by atoms with Crippen LogP contribution in [0.1, 0.15) is 46.8 Å². The molecule has 7 heteroatoms. The summed E-state index contributed by atoms with van der Waals surface area (Å²) < 4.78 is 19.0. The molecular weight excluding hydrogens is 469 g/mol. The number of methoxy groups -OCH3 is 1. The van der Waals surface area contributed by atoms with Gasteiger partial charge in [-0.05, 0) is 54.8 Å². The smallest absolute Gasteiger partial charge is 0.254 e. The van der Waals surface area contributed by atoms with Crippen LogP contribution in [0.4, 0.5) is 10.1 Å². The zero-order valence-electron chi connectivity index (χ0n) is 21.4. The van der Waals surface area contributed by atoms with Crippen molar-refractivity contribution < 1.29 is 18.7 Å². The Kier molecular flexibility index (Phi) is 8.90. The molecule has 3 aromatic carbocycles. The average molecular weight is 504 g/mol. The van der Waals surface area contributed by atoms with Crippen molar-refractivity contribution in [2.75, 3.05) is 44.8 Å². The van der Waals surface area contributed by atoms with E-state index < -0.39 is 12.0 Å². The van der Waals surface area contributed by atoms with E-state index in [9.17, 15) is 14.0 Å². The maximum absolute atomic E-state index is 13.8. The molecule has 0 fully saturated rings. The van der Waals surface area contributed by atoms with Crippen molar-refractivity contribution in [2.45, 2.75) is 25.3 Å². The molecule has 194 valence electrons. The SMILES string of the molecule is CCN(CCCNC(=O)[C@@H]1c2ccccc2C(=O)N(CCOC)[C@H]1c1ccc(F)cc1)c1ccccc1. The summed E-state index contributed by atoms with van der Waals surface area (Å²) in [5.41, 5.74) is 3.06. The number of nitrogens with one attached hydrogen (secondary N) is 1. The molecular formula is C30H34FN3O3. The van der Waals surface area contributed by atoms with Crippen molar-refractivity contribution in [3.05, 3.63) is 101 Å². The topological polar surface area (TPSA) is 61.9 Å². The fraction of sp³-hybridized carbons (Fsp3) is 0.333. The molecule has 0 aromatic heterocycles. The first-order valence-corrected chi connectivity index (χ1v) is 12.8. The van der Waals surface area contributed by atoms with Crippen LogP contribution in [0, 0.1) is 5.82 Å². The van der Waals surface area contributed by atoms with Crippen molar-refractivity contribution in [3.63, 3.8) is 0 Å². The largest absolute Gasteiger partial charge is 0.383 e. The Morgan fingerprint density at radius 3 is 2.43 bits per heavy atom. The molecule has 37 heavy (non-hydrogen) atoms. The maximum atomic E-state index is 13.8. The van der Waals surface area contributed by atoms with Gasteiger partial charge in [0, 0.05) is 44.5 Å². The minimum Gasteiger partial charge on any atom is -0.383 e. The summed E-state index contributed by atoms with van der Waals surface area (Å²) in [4.78, 5) is 31.2. The van der Waals surface area contributed by atoms with Gasteiger partial charge in [0.25, 0.3) is 5.91 Å². The molecule has 1 N–H and O–H groups in total. The van der Waals surface area contributed by atoms with E-state index in [0.29, 0.717) is 36.4 Å². The lowest BCUT2D eigenvalue weighted by Crippen LogP contribution is -2.48. The van der Waals surface area contributed by atoms with Gasteiger partial charge in [-0.2, -0.15) is 0 Å². The Morgan fingerprint density at radius 1 is 1.03 bits per heavy atom. The van der Waals surface area contributed by atoms with E-state index in [1.807, 2.05) is 30.3 Å². The number of carbonyl (C=O) groups is 2. The standard InChI is InChI=1S/C30H34FN3O3/c1-3-33(24-10-5-4-6-11-24)19-9-18-32-29(35)27-25-12-7-8-13-26(25)30(36)34(20-21-37-2)28(27)22-14-16-23(31)17-15-22/h4-8,10-17,27-28H,3,9,18-21H2,1-2H3,(H,32,35)/t27-,28+/m1/s1. The van der Waals surface area contributed by atoms with Crippen molar-refractivity contribution in [1.82, 2.24) is 10.2 Å². The average Bonchev–Trinajstić information content (AvgIpc) is 2.93. The van der Waals surface area contributed by atoms with E-state index in [1.165, 1.54) is 12.1 Å². The molecule has 2 atom stereocenters. The Labute approximate surface area is 218 Å². The van der Waals surface area contributed by atoms with Gasteiger partial charge in [0.2, 0.25) is 5.91 Å². The Bertz CT molecular complexity index is 1190. The quantitative estimate of drug-likeness (QED) is 0.383. The van der Waals surface area contributed by atoms with Crippen LogP contribution in [0.3, 0.4) is 0 Å². The van der Waals surface area contributed by atoms with Crippen LogP contribution < -0.4 is 10.2 Å². The molecule has 0 aliphatic carbocycles. The van der Waals surface area contributed by atoms with E-state index in [2.05, 4.69) is 29.3 Å². The number of halogens is 1. The fourth-order valence-corrected chi connectivity index (χ4v) is 5.04. The summed E-state index contributed by atoms with van der Waals surface area (Å²) in [6, 6.07) is 22.9. The van der Waals surface area contributed by atoms with Crippen molar-refractivity contribution in [1.29, 1.82) is 0 Å². The first kappa shape index (κ1) is 26.4. The van der Waals surface area contributed by atoms with E-state index in [-0.39, 0.29) is 17.6 Å². The van der Waals surface area contributed by atoms with Gasteiger partial charge in [0.15, 0.2) is 0 Å². The number of ether oxygens (including phenoxy) is 1. The number of amides is 2. The third kappa shape index (κ3) is 6.00. The highest BCUT2D eigenvalue weighted by molar-refractivity contribution is 6.01. The van der Waals surface area contributed by atoms with Crippen molar-refractivity contribution >= 4 is 17.5 Å². The second-order valence-electron chi connectivity index (χ2n) is 9.11. The normalized spacial score (nSPS) is 16.8. The third-order valence-electron chi connectivity index (χ3n) is 6.88. The fourth-order valence-electron chi connectivity index (χ4n) is 5.04. The summed E-state index contributed by atoms with van der Waals surface area (Å²) in [7, 11) is 1.58. The molecule has 2 amide bonds. The lowest BCUT2D eigenvalue weighted by molar-refractivity contribution is -0.124. The van der Waals surface area contributed by atoms with E-state index >= 15 is 0 Å². The number of hydrogen-bond acceptors (Lipinski definition) is 4. The number of benzene rings is 3. The summed E-state index contributed by atoms with van der Waals surface area (Å²) in [6.45, 7) is 4.94. The molecule has 6 nitrogen and oxygen atoms in total. The maximum Gasteiger partial charge on any atom is 0.254 e. The first-order valence-electron chi connectivity index (χ1n) is 12.8. The molecule has 0 spiro atoms. The predicted octanol–water partition coefficient (Wildman–Crippen LogP) is 4.79.